The third-order valence-electron chi connectivity index (χ3n) is 6.03. The van der Waals surface area contributed by atoms with Gasteiger partial charge in [0.2, 0.25) is 0 Å². The lowest BCUT2D eigenvalue weighted by Gasteiger charge is -2.33. The van der Waals surface area contributed by atoms with Crippen LogP contribution in [0, 0.1) is 6.92 Å². The molecule has 2 aromatic carbocycles. The van der Waals surface area contributed by atoms with E-state index >= 15 is 0 Å². The van der Waals surface area contributed by atoms with Gasteiger partial charge >= 0.3 is 6.18 Å². The van der Waals surface area contributed by atoms with Crippen LogP contribution < -0.4 is 21.5 Å². The number of aromatic nitrogens is 2. The summed E-state index contributed by atoms with van der Waals surface area (Å²) in [6.45, 7) is 6.06. The number of carbonyl (C=O) groups is 1. The first kappa shape index (κ1) is 25.5. The quantitative estimate of drug-likeness (QED) is 0.267. The van der Waals surface area contributed by atoms with Crippen molar-refractivity contribution in [3.8, 4) is 0 Å². The number of halogens is 3. The number of aryl methyl sites for hydroxylation is 1. The predicted octanol–water partition coefficient (Wildman–Crippen LogP) is 5.61. The van der Waals surface area contributed by atoms with Crippen LogP contribution in [-0.4, -0.2) is 27.0 Å². The summed E-state index contributed by atoms with van der Waals surface area (Å²) in [5.74, 6) is -0.282. The Morgan fingerprint density at radius 3 is 2.39 bits per heavy atom. The second-order valence-electron chi connectivity index (χ2n) is 9.07. The molecule has 4 rings (SSSR count). The lowest BCUT2D eigenvalue weighted by molar-refractivity contribution is -0.173. The van der Waals surface area contributed by atoms with Crippen molar-refractivity contribution in [2.75, 3.05) is 10.6 Å². The molecule has 7 nitrogen and oxygen atoms in total. The van der Waals surface area contributed by atoms with Crippen molar-refractivity contribution in [3.05, 3.63) is 77.0 Å². The summed E-state index contributed by atoms with van der Waals surface area (Å²) >= 11 is 5.16. The third kappa shape index (κ3) is 5.78. The number of nitrogens with zero attached hydrogens (tertiary/aromatic N) is 2. The van der Waals surface area contributed by atoms with Gasteiger partial charge in [-0.1, -0.05) is 55.8 Å². The Bertz CT molecular complexity index is 1240. The van der Waals surface area contributed by atoms with Gasteiger partial charge in [-0.3, -0.25) is 15.6 Å². The van der Waals surface area contributed by atoms with Crippen molar-refractivity contribution in [3.63, 3.8) is 0 Å². The van der Waals surface area contributed by atoms with Crippen molar-refractivity contribution in [1.29, 1.82) is 0 Å². The Balaban J connectivity index is 1.47. The zero-order valence-corrected chi connectivity index (χ0v) is 20.8. The van der Waals surface area contributed by atoms with Crippen LogP contribution in [0.1, 0.15) is 65.4 Å². The highest BCUT2D eigenvalue weighted by Crippen LogP contribution is 2.43. The van der Waals surface area contributed by atoms with E-state index in [1.807, 2.05) is 55.5 Å². The molecule has 0 aliphatic carbocycles. The second-order valence-corrected chi connectivity index (χ2v) is 9.48. The van der Waals surface area contributed by atoms with E-state index in [9.17, 15) is 18.0 Å². The highest BCUT2D eigenvalue weighted by Gasteiger charge is 2.46. The van der Waals surface area contributed by atoms with E-state index in [2.05, 4.69) is 40.4 Å². The molecule has 36 heavy (non-hydrogen) atoms. The first-order chi connectivity index (χ1) is 17.0. The monoisotopic (exact) mass is 516 g/mol. The molecule has 0 spiro atoms. The zero-order chi connectivity index (χ0) is 26.0. The molecule has 1 amide bonds. The first-order valence-corrected chi connectivity index (χ1v) is 11.9. The Morgan fingerprint density at radius 1 is 1.11 bits per heavy atom. The van der Waals surface area contributed by atoms with Crippen molar-refractivity contribution >= 4 is 34.7 Å². The summed E-state index contributed by atoms with van der Waals surface area (Å²) in [7, 11) is 0. The van der Waals surface area contributed by atoms with Gasteiger partial charge < -0.3 is 10.6 Å². The largest absolute Gasteiger partial charge is 0.410 e. The number of fused-ring (bicyclic) bond motifs is 1. The molecule has 2 atom stereocenters. The summed E-state index contributed by atoms with van der Waals surface area (Å²) in [5, 5.41) is 10.1. The van der Waals surface area contributed by atoms with Crippen LogP contribution in [0.5, 0.6) is 0 Å². The Hall–Kier alpha value is -3.60. The summed E-state index contributed by atoms with van der Waals surface area (Å²) < 4.78 is 42.7. The molecule has 2 heterocycles. The lowest BCUT2D eigenvalue weighted by atomic mass is 9.94. The van der Waals surface area contributed by atoms with E-state index in [1.165, 1.54) is 6.07 Å². The molecular formula is C25H27F3N6OS. The molecule has 1 aromatic heterocycles. The topological polar surface area (TPSA) is 83.0 Å². The van der Waals surface area contributed by atoms with Gasteiger partial charge in [0.15, 0.2) is 16.8 Å². The van der Waals surface area contributed by atoms with Gasteiger partial charge in [0.05, 0.1) is 6.04 Å². The molecule has 4 N–H and O–H groups in total. The number of hydrogen-bond acceptors (Lipinski definition) is 4. The van der Waals surface area contributed by atoms with Crippen LogP contribution in [0.15, 0.2) is 54.6 Å². The molecule has 3 aromatic rings. The maximum Gasteiger partial charge on any atom is 0.410 e. The van der Waals surface area contributed by atoms with E-state index in [4.69, 9.17) is 12.2 Å². The molecule has 1 aliphatic heterocycles. The molecule has 0 saturated heterocycles. The normalized spacial score (nSPS) is 17.2. The van der Waals surface area contributed by atoms with E-state index in [0.717, 1.165) is 27.1 Å². The Kier molecular flexibility index (Phi) is 7.21. The summed E-state index contributed by atoms with van der Waals surface area (Å²) in [4.78, 5) is 12.6. The molecule has 0 unspecified atom stereocenters. The number of carbonyl (C=O) groups excluding carboxylic acids is 1. The second kappa shape index (κ2) is 10.2. The van der Waals surface area contributed by atoms with Crippen LogP contribution in [0.2, 0.25) is 0 Å². The van der Waals surface area contributed by atoms with Gasteiger partial charge in [0, 0.05) is 18.2 Å². The number of alkyl halides is 3. The smallest absolute Gasteiger partial charge is 0.363 e. The number of amides is 1. The van der Waals surface area contributed by atoms with Crippen LogP contribution >= 0.6 is 12.2 Å². The average molecular weight is 517 g/mol. The van der Waals surface area contributed by atoms with E-state index in [1.54, 1.807) is 0 Å². The zero-order valence-electron chi connectivity index (χ0n) is 20.0. The molecular weight excluding hydrogens is 489 g/mol. The van der Waals surface area contributed by atoms with Gasteiger partial charge in [-0.05, 0) is 48.3 Å². The van der Waals surface area contributed by atoms with Crippen molar-refractivity contribution in [1.82, 2.24) is 20.6 Å². The summed E-state index contributed by atoms with van der Waals surface area (Å²) in [5.41, 5.74) is 8.39. The molecule has 1 aliphatic rings. The number of rotatable bonds is 4. The number of thiocarbonyl (C=S) groups is 1. The number of nitrogens with one attached hydrogen (secondary N) is 4. The highest BCUT2D eigenvalue weighted by atomic mass is 32.1. The first-order valence-electron chi connectivity index (χ1n) is 11.5. The number of hydrogen-bond donors (Lipinski definition) is 4. The molecule has 0 radical (unpaired) electrons. The SMILES string of the molecule is Cc1ccc(NC(=S)NNC(=O)c2cc3n(n2)[C@@H](C(F)(F)F)C[C@H](c2ccc(C(C)C)cc2)N3)cc1. The minimum absolute atomic E-state index is 0.118. The summed E-state index contributed by atoms with van der Waals surface area (Å²) in [6.07, 6.45) is -4.78. The number of benzene rings is 2. The predicted molar refractivity (Wildman–Crippen MR) is 137 cm³/mol. The fraction of sp³-hybridized carbons (Fsp3) is 0.320. The van der Waals surface area contributed by atoms with Crippen molar-refractivity contribution in [2.45, 2.75) is 51.4 Å². The minimum atomic E-state index is -4.54. The van der Waals surface area contributed by atoms with Gasteiger partial charge in [-0.25, -0.2) is 4.68 Å². The number of hydrazine groups is 1. The molecule has 0 saturated carbocycles. The van der Waals surface area contributed by atoms with Crippen LogP contribution in [0.4, 0.5) is 24.7 Å². The van der Waals surface area contributed by atoms with Gasteiger partial charge in [0.1, 0.15) is 5.82 Å². The standard InChI is InChI=1S/C25H27F3N6OS/c1-14(2)16-6-8-17(9-7-16)19-12-21(25(26,27)28)34-22(30-19)13-20(33-34)23(35)31-32-24(36)29-18-10-4-15(3)5-11-18/h4-11,13-14,19,21,30H,12H2,1-3H3,(H,31,35)(H2,29,32,36)/t19-,21-/m1/s1. The van der Waals surface area contributed by atoms with Crippen molar-refractivity contribution < 1.29 is 18.0 Å². The third-order valence-corrected chi connectivity index (χ3v) is 6.23. The van der Waals surface area contributed by atoms with E-state index in [-0.39, 0.29) is 23.0 Å². The fourth-order valence-electron chi connectivity index (χ4n) is 3.99. The minimum Gasteiger partial charge on any atom is -0.363 e. The van der Waals surface area contributed by atoms with Crippen LogP contribution in [0.3, 0.4) is 0 Å². The van der Waals surface area contributed by atoms with E-state index in [0.29, 0.717) is 5.92 Å². The van der Waals surface area contributed by atoms with E-state index < -0.39 is 24.2 Å². The molecule has 11 heteroatoms. The fourth-order valence-corrected chi connectivity index (χ4v) is 4.16. The maximum atomic E-state index is 13.9. The molecule has 0 fully saturated rings. The van der Waals surface area contributed by atoms with Crippen LogP contribution in [0.25, 0.3) is 0 Å². The highest BCUT2D eigenvalue weighted by molar-refractivity contribution is 7.80. The van der Waals surface area contributed by atoms with Gasteiger partial charge in [-0.15, -0.1) is 0 Å². The Labute approximate surface area is 212 Å². The van der Waals surface area contributed by atoms with Gasteiger partial charge in [0.25, 0.3) is 5.91 Å². The maximum absolute atomic E-state index is 13.9. The Morgan fingerprint density at radius 2 is 1.78 bits per heavy atom. The molecule has 0 bridgehead atoms. The van der Waals surface area contributed by atoms with Crippen molar-refractivity contribution in [2.24, 2.45) is 0 Å². The molecule has 190 valence electrons. The lowest BCUT2D eigenvalue weighted by Crippen LogP contribution is -2.44. The van der Waals surface area contributed by atoms with Gasteiger partial charge in [-0.2, -0.15) is 18.3 Å². The summed E-state index contributed by atoms with van der Waals surface area (Å²) in [6, 6.07) is 13.8. The average Bonchev–Trinajstić information content (AvgIpc) is 3.27. The van der Waals surface area contributed by atoms with Crippen LogP contribution in [-0.2, 0) is 0 Å². The number of anilines is 2.